The number of benzene rings is 4. The van der Waals surface area contributed by atoms with Gasteiger partial charge >= 0.3 is 0 Å². The number of fused-ring (bicyclic) bond motifs is 1. The zero-order valence-corrected chi connectivity index (χ0v) is 23.6. The van der Waals surface area contributed by atoms with Crippen molar-refractivity contribution >= 4 is 17.4 Å². The first kappa shape index (κ1) is 27.6. The molecule has 8 heteroatoms. The molecule has 0 bridgehead atoms. The minimum atomic E-state index is -0.638. The fourth-order valence-corrected chi connectivity index (χ4v) is 5.64. The van der Waals surface area contributed by atoms with Gasteiger partial charge in [-0.05, 0) is 114 Å². The molecule has 0 spiro atoms. The maximum absolute atomic E-state index is 14.0. The van der Waals surface area contributed by atoms with Crippen LogP contribution in [0.15, 0.2) is 77.8 Å². The van der Waals surface area contributed by atoms with Crippen LogP contribution in [-0.2, 0) is 13.0 Å². The molecule has 0 radical (unpaired) electrons. The number of hydrogen-bond acceptors (Lipinski definition) is 5. The second-order valence-corrected chi connectivity index (χ2v) is 11.1. The summed E-state index contributed by atoms with van der Waals surface area (Å²) in [5.74, 6) is -0.863. The molecule has 0 atom stereocenters. The van der Waals surface area contributed by atoms with Crippen molar-refractivity contribution in [1.82, 2.24) is 10.2 Å². The zero-order valence-electron chi connectivity index (χ0n) is 23.6. The molecule has 2 aliphatic rings. The van der Waals surface area contributed by atoms with Gasteiger partial charge in [0.25, 0.3) is 5.91 Å². The molecule has 2 aliphatic heterocycles. The Balaban J connectivity index is 1.28. The third-order valence-corrected chi connectivity index (χ3v) is 8.05. The quantitative estimate of drug-likeness (QED) is 0.326. The molecule has 2 heterocycles. The van der Waals surface area contributed by atoms with E-state index in [2.05, 4.69) is 27.2 Å². The van der Waals surface area contributed by atoms with Gasteiger partial charge in [0.15, 0.2) is 0 Å². The number of carbonyl (C=O) groups excluding carboxylic acids is 1. The Morgan fingerprint density at radius 2 is 1.62 bits per heavy atom. The van der Waals surface area contributed by atoms with Crippen LogP contribution in [0.1, 0.15) is 38.2 Å². The highest BCUT2D eigenvalue weighted by Gasteiger charge is 2.23. The van der Waals surface area contributed by atoms with Crippen LogP contribution in [0.2, 0.25) is 0 Å². The van der Waals surface area contributed by atoms with Gasteiger partial charge in [0.1, 0.15) is 23.2 Å². The van der Waals surface area contributed by atoms with Crippen molar-refractivity contribution in [1.29, 1.82) is 0 Å². The number of amides is 1. The summed E-state index contributed by atoms with van der Waals surface area (Å²) >= 11 is 0. The van der Waals surface area contributed by atoms with Gasteiger partial charge in [-0.2, -0.15) is 0 Å². The second kappa shape index (κ2) is 11.4. The van der Waals surface area contributed by atoms with E-state index in [0.29, 0.717) is 23.5 Å². The predicted molar refractivity (Wildman–Crippen MR) is 161 cm³/mol. The molecule has 4 aromatic carbocycles. The van der Waals surface area contributed by atoms with E-state index < -0.39 is 11.6 Å². The van der Waals surface area contributed by atoms with Gasteiger partial charge in [0.2, 0.25) is 0 Å². The number of amidine groups is 1. The average molecular weight is 567 g/mol. The number of halogens is 2. The van der Waals surface area contributed by atoms with E-state index in [-0.39, 0.29) is 18.1 Å². The molecule has 6 rings (SSSR count). The van der Waals surface area contributed by atoms with Crippen molar-refractivity contribution in [3.63, 3.8) is 0 Å². The lowest BCUT2D eigenvalue weighted by Crippen LogP contribution is -2.44. The van der Waals surface area contributed by atoms with Crippen LogP contribution < -0.4 is 10.2 Å². The van der Waals surface area contributed by atoms with Crippen molar-refractivity contribution in [2.75, 3.05) is 38.1 Å². The SMILES string of the molecule is Cc1cc(-c2cc3c(cc2Cc2cc(F)cc(F)c2)C(NC(=O)c2ccc(N4CCN(C)CC4)cc2)=NC3)ccc1O. The number of piperazine rings is 1. The average Bonchev–Trinajstić information content (AvgIpc) is 3.35. The summed E-state index contributed by atoms with van der Waals surface area (Å²) in [4.78, 5) is 22.5. The number of rotatable bonds is 5. The fraction of sp³-hybridized carbons (Fsp3) is 0.235. The van der Waals surface area contributed by atoms with E-state index in [0.717, 1.165) is 71.3 Å². The van der Waals surface area contributed by atoms with E-state index >= 15 is 0 Å². The molecule has 1 saturated heterocycles. The first-order chi connectivity index (χ1) is 20.2. The molecule has 2 N–H and O–H groups in total. The molecular weight excluding hydrogens is 534 g/mol. The molecule has 0 saturated carbocycles. The van der Waals surface area contributed by atoms with E-state index in [1.54, 1.807) is 6.07 Å². The third kappa shape index (κ3) is 5.76. The molecule has 0 unspecified atom stereocenters. The number of aromatic hydroxyl groups is 1. The van der Waals surface area contributed by atoms with Crippen LogP contribution >= 0.6 is 0 Å². The molecule has 6 nitrogen and oxygen atoms in total. The van der Waals surface area contributed by atoms with E-state index in [1.807, 2.05) is 55.5 Å². The standard InChI is InChI=1S/C34H32F2N4O2/c1-21-13-24(5-8-32(21)41)30-18-26-20-37-33(31(26)17-25(30)14-22-15-27(35)19-28(36)16-22)38-34(42)23-3-6-29(7-4-23)40-11-9-39(2)10-12-40/h3-8,13,15-19,41H,9-12,14,20H2,1-2H3,(H,37,38,42). The highest BCUT2D eigenvalue weighted by atomic mass is 19.1. The Morgan fingerprint density at radius 1 is 0.905 bits per heavy atom. The highest BCUT2D eigenvalue weighted by molar-refractivity contribution is 6.14. The van der Waals surface area contributed by atoms with Gasteiger partial charge in [-0.25, -0.2) is 8.78 Å². The van der Waals surface area contributed by atoms with Crippen molar-refractivity contribution in [2.24, 2.45) is 4.99 Å². The molecule has 4 aromatic rings. The number of aliphatic imine (C=N–C) groups is 1. The number of likely N-dealkylation sites (N-methyl/N-ethyl adjacent to an activating group) is 1. The lowest BCUT2D eigenvalue weighted by molar-refractivity contribution is 0.0977. The van der Waals surface area contributed by atoms with Gasteiger partial charge < -0.3 is 20.2 Å². The van der Waals surface area contributed by atoms with Crippen molar-refractivity contribution in [3.05, 3.63) is 118 Å². The molecule has 0 aromatic heterocycles. The lowest BCUT2D eigenvalue weighted by atomic mass is 9.90. The number of phenolic OH excluding ortho intramolecular Hbond substituents is 1. The van der Waals surface area contributed by atoms with Crippen LogP contribution in [0, 0.1) is 18.6 Å². The van der Waals surface area contributed by atoms with Crippen LogP contribution in [-0.4, -0.2) is 55.0 Å². The third-order valence-electron chi connectivity index (χ3n) is 8.05. The van der Waals surface area contributed by atoms with E-state index in [1.165, 1.54) is 12.1 Å². The maximum Gasteiger partial charge on any atom is 0.256 e. The number of hydrogen-bond donors (Lipinski definition) is 2. The summed E-state index contributed by atoms with van der Waals surface area (Å²) in [5.41, 5.74) is 7.14. The normalized spacial score (nSPS) is 15.0. The zero-order chi connectivity index (χ0) is 29.4. The Labute approximate surface area is 243 Å². The van der Waals surface area contributed by atoms with Crippen molar-refractivity contribution in [3.8, 4) is 16.9 Å². The highest BCUT2D eigenvalue weighted by Crippen LogP contribution is 2.34. The first-order valence-electron chi connectivity index (χ1n) is 14.0. The second-order valence-electron chi connectivity index (χ2n) is 11.1. The molecule has 42 heavy (non-hydrogen) atoms. The van der Waals surface area contributed by atoms with Crippen LogP contribution in [0.3, 0.4) is 0 Å². The molecule has 1 amide bonds. The maximum atomic E-state index is 14.0. The number of aryl methyl sites for hydroxylation is 1. The topological polar surface area (TPSA) is 68.2 Å². The van der Waals surface area contributed by atoms with Gasteiger partial charge in [0.05, 0.1) is 6.54 Å². The van der Waals surface area contributed by atoms with Gasteiger partial charge in [-0.3, -0.25) is 9.79 Å². The van der Waals surface area contributed by atoms with Crippen LogP contribution in [0.4, 0.5) is 14.5 Å². The summed E-state index contributed by atoms with van der Waals surface area (Å²) in [6.45, 7) is 6.13. The molecule has 214 valence electrons. The molecule has 0 aliphatic carbocycles. The Hall–Kier alpha value is -4.56. The van der Waals surface area contributed by atoms with E-state index in [4.69, 9.17) is 0 Å². The minimum Gasteiger partial charge on any atom is -0.508 e. The minimum absolute atomic E-state index is 0.193. The monoisotopic (exact) mass is 566 g/mol. The number of phenols is 1. The van der Waals surface area contributed by atoms with Crippen molar-refractivity contribution < 1.29 is 18.7 Å². The van der Waals surface area contributed by atoms with Crippen LogP contribution in [0.5, 0.6) is 5.75 Å². The summed E-state index contributed by atoms with van der Waals surface area (Å²) < 4.78 is 28.1. The largest absolute Gasteiger partial charge is 0.508 e. The number of carbonyl (C=O) groups is 1. The molecular formula is C34H32F2N4O2. The number of anilines is 1. The lowest BCUT2D eigenvalue weighted by Gasteiger charge is -2.34. The van der Waals surface area contributed by atoms with Gasteiger partial charge in [0, 0.05) is 49.1 Å². The Morgan fingerprint density at radius 3 is 2.31 bits per heavy atom. The Bertz CT molecular complexity index is 1670. The van der Waals surface area contributed by atoms with Gasteiger partial charge in [-0.15, -0.1) is 0 Å². The smallest absolute Gasteiger partial charge is 0.256 e. The summed E-state index contributed by atoms with van der Waals surface area (Å²) in [6.07, 6.45) is 0.270. The molecule has 1 fully saturated rings. The first-order valence-corrected chi connectivity index (χ1v) is 14.0. The van der Waals surface area contributed by atoms with Gasteiger partial charge in [-0.1, -0.05) is 6.07 Å². The summed E-state index contributed by atoms with van der Waals surface area (Å²) in [7, 11) is 2.12. The number of nitrogens with zero attached hydrogens (tertiary/aromatic N) is 3. The number of nitrogens with one attached hydrogen (secondary N) is 1. The van der Waals surface area contributed by atoms with Crippen LogP contribution in [0.25, 0.3) is 11.1 Å². The van der Waals surface area contributed by atoms with E-state index in [9.17, 15) is 18.7 Å². The fourth-order valence-electron chi connectivity index (χ4n) is 5.64. The van der Waals surface area contributed by atoms with Crippen molar-refractivity contribution in [2.45, 2.75) is 19.9 Å². The predicted octanol–water partition coefficient (Wildman–Crippen LogP) is 5.68. The summed E-state index contributed by atoms with van der Waals surface area (Å²) in [5, 5.41) is 13.0. The summed E-state index contributed by atoms with van der Waals surface area (Å²) in [6, 6.07) is 20.4. The Kier molecular flexibility index (Phi) is 7.47.